The van der Waals surface area contributed by atoms with Gasteiger partial charge in [0.05, 0.1) is 13.7 Å². The van der Waals surface area contributed by atoms with Crippen LogP contribution in [0.1, 0.15) is 57.6 Å². The molecule has 6 heteroatoms. The van der Waals surface area contributed by atoms with Gasteiger partial charge < -0.3 is 14.8 Å². The molecule has 0 aliphatic rings. The molecule has 0 aromatic heterocycles. The quantitative estimate of drug-likeness (QED) is 0.548. The lowest BCUT2D eigenvalue weighted by Gasteiger charge is -2.28. The van der Waals surface area contributed by atoms with E-state index in [1.807, 2.05) is 36.4 Å². The Labute approximate surface area is 185 Å². The Morgan fingerprint density at radius 2 is 1.52 bits per heavy atom. The van der Waals surface area contributed by atoms with Crippen molar-refractivity contribution >= 4 is 17.6 Å². The molecule has 2 N–H and O–H groups in total. The van der Waals surface area contributed by atoms with Crippen LogP contribution in [-0.2, 0) is 14.3 Å². The average Bonchev–Trinajstić information content (AvgIpc) is 2.76. The Morgan fingerprint density at radius 1 is 0.935 bits per heavy atom. The maximum absolute atomic E-state index is 12.8. The number of ether oxygens (including phenoxy) is 2. The van der Waals surface area contributed by atoms with Gasteiger partial charge in [0.15, 0.2) is 0 Å². The van der Waals surface area contributed by atoms with Crippen LogP contribution in [0.3, 0.4) is 0 Å². The number of carbonyl (C=O) groups is 2. The van der Waals surface area contributed by atoms with Crippen LogP contribution in [0.4, 0.5) is 5.69 Å². The summed E-state index contributed by atoms with van der Waals surface area (Å²) in [7, 11) is 1.32. The van der Waals surface area contributed by atoms with E-state index in [-0.39, 0.29) is 30.9 Å². The van der Waals surface area contributed by atoms with Gasteiger partial charge in [0.25, 0.3) is 0 Å². The molecule has 0 radical (unpaired) electrons. The maximum Gasteiger partial charge on any atom is 0.329 e. The molecule has 0 bridgehead atoms. The van der Waals surface area contributed by atoms with Crippen molar-refractivity contribution < 1.29 is 19.1 Å². The summed E-state index contributed by atoms with van der Waals surface area (Å²) >= 11 is 0. The van der Waals surface area contributed by atoms with Crippen LogP contribution in [0.5, 0.6) is 5.75 Å². The molecule has 0 heterocycles. The molecule has 31 heavy (non-hydrogen) atoms. The van der Waals surface area contributed by atoms with Crippen molar-refractivity contribution in [2.24, 2.45) is 0 Å². The summed E-state index contributed by atoms with van der Waals surface area (Å²) in [6, 6.07) is 15.3. The SMILES string of the molecule is COC(=O)C(C)(COc1ccccc1)NCC(=O)Nc1c(C(C)C)cccc1C(C)C. The summed E-state index contributed by atoms with van der Waals surface area (Å²) in [6.07, 6.45) is 0. The first kappa shape index (κ1) is 24.4. The fourth-order valence-corrected chi connectivity index (χ4v) is 3.31. The zero-order valence-corrected chi connectivity index (χ0v) is 19.3. The fraction of sp³-hybridized carbons (Fsp3) is 0.440. The van der Waals surface area contributed by atoms with Gasteiger partial charge in [-0.1, -0.05) is 64.1 Å². The molecule has 0 saturated heterocycles. The first-order valence-electron chi connectivity index (χ1n) is 10.6. The van der Waals surface area contributed by atoms with Gasteiger partial charge in [-0.05, 0) is 42.0 Å². The van der Waals surface area contributed by atoms with Crippen LogP contribution in [0.25, 0.3) is 0 Å². The van der Waals surface area contributed by atoms with E-state index in [2.05, 4.69) is 38.3 Å². The number of benzene rings is 2. The summed E-state index contributed by atoms with van der Waals surface area (Å²) in [5.41, 5.74) is 1.84. The van der Waals surface area contributed by atoms with Crippen LogP contribution >= 0.6 is 0 Å². The zero-order valence-electron chi connectivity index (χ0n) is 19.3. The van der Waals surface area contributed by atoms with E-state index in [0.29, 0.717) is 5.75 Å². The first-order chi connectivity index (χ1) is 14.7. The van der Waals surface area contributed by atoms with E-state index in [0.717, 1.165) is 16.8 Å². The smallest absolute Gasteiger partial charge is 0.329 e. The fourth-order valence-electron chi connectivity index (χ4n) is 3.31. The number of methoxy groups -OCH3 is 1. The number of anilines is 1. The molecule has 6 nitrogen and oxygen atoms in total. The van der Waals surface area contributed by atoms with Crippen molar-refractivity contribution in [3.63, 3.8) is 0 Å². The van der Waals surface area contributed by atoms with Gasteiger partial charge in [-0.3, -0.25) is 10.1 Å². The molecule has 1 unspecified atom stereocenters. The minimum atomic E-state index is -1.18. The van der Waals surface area contributed by atoms with Crippen LogP contribution in [-0.4, -0.2) is 37.7 Å². The third-order valence-corrected chi connectivity index (χ3v) is 5.18. The molecular weight excluding hydrogens is 392 g/mol. The average molecular weight is 427 g/mol. The minimum absolute atomic E-state index is 0.0246. The summed E-state index contributed by atoms with van der Waals surface area (Å²) in [6.45, 7) is 10.0. The molecule has 0 spiro atoms. The van der Waals surface area contributed by atoms with E-state index >= 15 is 0 Å². The second kappa shape index (κ2) is 11.0. The molecule has 0 saturated carbocycles. The Hall–Kier alpha value is -2.86. The molecule has 1 amide bonds. The number of esters is 1. The van der Waals surface area contributed by atoms with Crippen molar-refractivity contribution in [2.75, 3.05) is 25.6 Å². The van der Waals surface area contributed by atoms with Gasteiger partial charge in [0.2, 0.25) is 5.91 Å². The Balaban J connectivity index is 2.12. The normalized spacial score (nSPS) is 13.0. The lowest BCUT2D eigenvalue weighted by molar-refractivity contribution is -0.149. The third-order valence-electron chi connectivity index (χ3n) is 5.18. The van der Waals surface area contributed by atoms with E-state index < -0.39 is 11.5 Å². The predicted molar refractivity (Wildman–Crippen MR) is 124 cm³/mol. The van der Waals surface area contributed by atoms with Crippen LogP contribution in [0.2, 0.25) is 0 Å². The highest BCUT2D eigenvalue weighted by Crippen LogP contribution is 2.32. The van der Waals surface area contributed by atoms with E-state index in [9.17, 15) is 9.59 Å². The highest BCUT2D eigenvalue weighted by atomic mass is 16.5. The first-order valence-corrected chi connectivity index (χ1v) is 10.6. The molecular formula is C25H34N2O4. The van der Waals surface area contributed by atoms with Gasteiger partial charge in [-0.25, -0.2) is 4.79 Å². The van der Waals surface area contributed by atoms with Crippen LogP contribution < -0.4 is 15.4 Å². The molecule has 0 fully saturated rings. The number of hydrogen-bond donors (Lipinski definition) is 2. The van der Waals surface area contributed by atoms with E-state index in [1.165, 1.54) is 7.11 Å². The van der Waals surface area contributed by atoms with Crippen molar-refractivity contribution in [1.29, 1.82) is 0 Å². The van der Waals surface area contributed by atoms with Gasteiger partial charge in [-0.15, -0.1) is 0 Å². The van der Waals surface area contributed by atoms with Crippen molar-refractivity contribution in [2.45, 2.75) is 52.0 Å². The van der Waals surface area contributed by atoms with Gasteiger partial charge >= 0.3 is 5.97 Å². The molecule has 1 atom stereocenters. The Bertz CT molecular complexity index is 854. The van der Waals surface area contributed by atoms with Gasteiger partial charge in [0.1, 0.15) is 17.9 Å². The van der Waals surface area contributed by atoms with Crippen LogP contribution in [0.15, 0.2) is 48.5 Å². The largest absolute Gasteiger partial charge is 0.491 e. The summed E-state index contributed by atoms with van der Waals surface area (Å²) in [5.74, 6) is 0.436. The summed E-state index contributed by atoms with van der Waals surface area (Å²) in [4.78, 5) is 25.2. The lowest BCUT2D eigenvalue weighted by atomic mass is 9.92. The number of carbonyl (C=O) groups excluding carboxylic acids is 2. The lowest BCUT2D eigenvalue weighted by Crippen LogP contribution is -2.56. The van der Waals surface area contributed by atoms with Gasteiger partial charge in [0, 0.05) is 5.69 Å². The summed E-state index contributed by atoms with van der Waals surface area (Å²) in [5, 5.41) is 6.07. The molecule has 2 rings (SSSR count). The van der Waals surface area contributed by atoms with Crippen molar-refractivity contribution in [3.8, 4) is 5.75 Å². The second-order valence-electron chi connectivity index (χ2n) is 8.45. The Morgan fingerprint density at radius 3 is 2.03 bits per heavy atom. The predicted octanol–water partition coefficient (Wildman–Crippen LogP) is 4.47. The number of nitrogens with one attached hydrogen (secondary N) is 2. The molecule has 0 aliphatic carbocycles. The van der Waals surface area contributed by atoms with Crippen LogP contribution in [0, 0.1) is 0 Å². The minimum Gasteiger partial charge on any atom is -0.491 e. The highest BCUT2D eigenvalue weighted by molar-refractivity contribution is 5.94. The Kier molecular flexibility index (Phi) is 8.63. The zero-order chi connectivity index (χ0) is 23.0. The summed E-state index contributed by atoms with van der Waals surface area (Å²) < 4.78 is 10.7. The van der Waals surface area contributed by atoms with E-state index in [1.54, 1.807) is 19.1 Å². The molecule has 168 valence electrons. The molecule has 2 aromatic carbocycles. The molecule has 0 aliphatic heterocycles. The monoisotopic (exact) mass is 426 g/mol. The number of amides is 1. The van der Waals surface area contributed by atoms with E-state index in [4.69, 9.17) is 9.47 Å². The number of rotatable bonds is 10. The standard InChI is InChI=1S/C25H34N2O4/c1-17(2)20-13-10-14-21(18(3)4)23(20)27-22(28)15-26-25(5,24(29)30-6)16-31-19-11-8-7-9-12-19/h7-14,17-18,26H,15-16H2,1-6H3,(H,27,28). The number of hydrogen-bond acceptors (Lipinski definition) is 5. The third kappa shape index (κ3) is 6.56. The van der Waals surface area contributed by atoms with Crippen molar-refractivity contribution in [3.05, 3.63) is 59.7 Å². The van der Waals surface area contributed by atoms with Gasteiger partial charge in [-0.2, -0.15) is 0 Å². The maximum atomic E-state index is 12.8. The second-order valence-corrected chi connectivity index (χ2v) is 8.45. The van der Waals surface area contributed by atoms with Crippen molar-refractivity contribution in [1.82, 2.24) is 5.32 Å². The topological polar surface area (TPSA) is 76.7 Å². The number of para-hydroxylation sites is 2. The molecule has 2 aromatic rings. The highest BCUT2D eigenvalue weighted by Gasteiger charge is 2.36.